The monoisotopic (exact) mass is 236 g/mol. The molecule has 17 heavy (non-hydrogen) atoms. The van der Waals surface area contributed by atoms with E-state index in [1.165, 1.54) is 12.3 Å². The summed E-state index contributed by atoms with van der Waals surface area (Å²) in [5, 5.41) is 18.9. The number of hydrogen-bond acceptors (Lipinski definition) is 4. The lowest BCUT2D eigenvalue weighted by Crippen LogP contribution is -2.44. The van der Waals surface area contributed by atoms with Gasteiger partial charge in [-0.15, -0.1) is 0 Å². The number of aliphatic hydroxyl groups is 2. The molecule has 1 aliphatic rings. The van der Waals surface area contributed by atoms with Crippen molar-refractivity contribution in [2.75, 3.05) is 6.61 Å². The molecule has 1 aromatic rings. The first-order valence-electron chi connectivity index (χ1n) is 5.58. The molecule has 0 saturated carbocycles. The summed E-state index contributed by atoms with van der Waals surface area (Å²) >= 11 is 0. The van der Waals surface area contributed by atoms with Crippen LogP contribution in [0.25, 0.3) is 0 Å². The van der Waals surface area contributed by atoms with Gasteiger partial charge in [-0.25, -0.2) is 0 Å². The van der Waals surface area contributed by atoms with Gasteiger partial charge in [-0.2, -0.15) is 0 Å². The van der Waals surface area contributed by atoms with Crippen molar-refractivity contribution >= 4 is 0 Å². The fourth-order valence-electron chi connectivity index (χ4n) is 1.75. The molecule has 1 aromatic carbocycles. The van der Waals surface area contributed by atoms with E-state index in [0.717, 1.165) is 5.56 Å². The minimum atomic E-state index is -0.746. The van der Waals surface area contributed by atoms with Gasteiger partial charge in [0.25, 0.3) is 0 Å². The molecule has 3 atom stereocenters. The Morgan fingerprint density at radius 2 is 2.00 bits per heavy atom. The van der Waals surface area contributed by atoms with Gasteiger partial charge in [0.05, 0.1) is 19.5 Å². The molecule has 92 valence electrons. The zero-order valence-corrected chi connectivity index (χ0v) is 9.40. The van der Waals surface area contributed by atoms with Crippen LogP contribution in [0.2, 0.25) is 0 Å². The fourth-order valence-corrected chi connectivity index (χ4v) is 1.75. The molecule has 2 rings (SSSR count). The smallest absolute Gasteiger partial charge is 0.150 e. The van der Waals surface area contributed by atoms with Crippen molar-refractivity contribution in [3.8, 4) is 0 Å². The van der Waals surface area contributed by atoms with Crippen LogP contribution < -0.4 is 0 Å². The number of benzene rings is 1. The van der Waals surface area contributed by atoms with E-state index in [4.69, 9.17) is 14.6 Å². The first-order chi connectivity index (χ1) is 8.31. The van der Waals surface area contributed by atoms with Gasteiger partial charge in [0.15, 0.2) is 0 Å². The maximum Gasteiger partial charge on any atom is 0.150 e. The van der Waals surface area contributed by atoms with Crippen molar-refractivity contribution < 1.29 is 19.7 Å². The Morgan fingerprint density at radius 1 is 1.24 bits per heavy atom. The molecule has 4 nitrogen and oxygen atoms in total. The Kier molecular flexibility index (Phi) is 4.14. The van der Waals surface area contributed by atoms with Crippen LogP contribution in [0.1, 0.15) is 5.56 Å². The SMILES string of the molecule is OC[C@H]1OC=C[C@@H](O)[C@H]1OCc1ccccc1. The maximum atomic E-state index is 9.75. The largest absolute Gasteiger partial charge is 0.493 e. The molecule has 0 aliphatic carbocycles. The van der Waals surface area contributed by atoms with Crippen LogP contribution in [-0.4, -0.2) is 35.1 Å². The first kappa shape index (κ1) is 12.1. The third kappa shape index (κ3) is 3.06. The van der Waals surface area contributed by atoms with E-state index in [1.54, 1.807) is 0 Å². The molecule has 0 fully saturated rings. The predicted molar refractivity (Wildman–Crippen MR) is 62.1 cm³/mol. The van der Waals surface area contributed by atoms with Gasteiger partial charge in [-0.05, 0) is 11.6 Å². The van der Waals surface area contributed by atoms with E-state index in [-0.39, 0.29) is 6.61 Å². The summed E-state index contributed by atoms with van der Waals surface area (Å²) in [7, 11) is 0. The predicted octanol–water partition coefficient (Wildman–Crippen LogP) is 0.837. The van der Waals surface area contributed by atoms with E-state index in [1.807, 2.05) is 30.3 Å². The molecule has 0 aromatic heterocycles. The molecule has 0 bridgehead atoms. The third-order valence-corrected chi connectivity index (χ3v) is 2.70. The average molecular weight is 236 g/mol. The Balaban J connectivity index is 1.95. The van der Waals surface area contributed by atoms with E-state index in [9.17, 15) is 5.11 Å². The second-order valence-electron chi connectivity index (χ2n) is 3.94. The Labute approximate surface area is 100 Å². The van der Waals surface area contributed by atoms with Gasteiger partial charge < -0.3 is 19.7 Å². The quantitative estimate of drug-likeness (QED) is 0.813. The number of ether oxygens (including phenoxy) is 2. The van der Waals surface area contributed by atoms with Gasteiger partial charge in [0.1, 0.15) is 18.3 Å². The highest BCUT2D eigenvalue weighted by atomic mass is 16.6. The highest BCUT2D eigenvalue weighted by Gasteiger charge is 2.31. The van der Waals surface area contributed by atoms with Gasteiger partial charge in [0.2, 0.25) is 0 Å². The molecule has 4 heteroatoms. The van der Waals surface area contributed by atoms with E-state index < -0.39 is 18.3 Å². The van der Waals surface area contributed by atoms with Crippen LogP contribution in [0.15, 0.2) is 42.7 Å². The molecule has 0 unspecified atom stereocenters. The third-order valence-electron chi connectivity index (χ3n) is 2.70. The number of rotatable bonds is 4. The van der Waals surface area contributed by atoms with Crippen molar-refractivity contribution in [1.29, 1.82) is 0 Å². The van der Waals surface area contributed by atoms with Crippen LogP contribution >= 0.6 is 0 Å². The lowest BCUT2D eigenvalue weighted by atomic mass is 10.1. The maximum absolute atomic E-state index is 9.75. The second kappa shape index (κ2) is 5.82. The molecule has 0 spiro atoms. The van der Waals surface area contributed by atoms with Crippen molar-refractivity contribution in [2.45, 2.75) is 24.9 Å². The Bertz CT molecular complexity index is 363. The van der Waals surface area contributed by atoms with E-state index in [0.29, 0.717) is 6.61 Å². The van der Waals surface area contributed by atoms with Crippen LogP contribution in [0.5, 0.6) is 0 Å². The van der Waals surface area contributed by atoms with Gasteiger partial charge in [0, 0.05) is 0 Å². The van der Waals surface area contributed by atoms with Crippen molar-refractivity contribution in [2.24, 2.45) is 0 Å². The van der Waals surface area contributed by atoms with E-state index in [2.05, 4.69) is 0 Å². The van der Waals surface area contributed by atoms with E-state index >= 15 is 0 Å². The molecular weight excluding hydrogens is 220 g/mol. The van der Waals surface area contributed by atoms with Gasteiger partial charge in [-0.3, -0.25) is 0 Å². The highest BCUT2D eigenvalue weighted by molar-refractivity contribution is 5.13. The normalized spacial score (nSPS) is 27.8. The Morgan fingerprint density at radius 3 is 2.71 bits per heavy atom. The molecular formula is C13H16O4. The molecule has 2 N–H and O–H groups in total. The summed E-state index contributed by atoms with van der Waals surface area (Å²) < 4.78 is 10.8. The summed E-state index contributed by atoms with van der Waals surface area (Å²) in [6.45, 7) is 0.205. The minimum absolute atomic E-state index is 0.180. The summed E-state index contributed by atoms with van der Waals surface area (Å²) in [5.74, 6) is 0. The number of hydrogen-bond donors (Lipinski definition) is 2. The number of aliphatic hydroxyl groups excluding tert-OH is 2. The summed E-state index contributed by atoms with van der Waals surface area (Å²) in [5.41, 5.74) is 1.02. The topological polar surface area (TPSA) is 58.9 Å². The van der Waals surface area contributed by atoms with Crippen molar-refractivity contribution in [1.82, 2.24) is 0 Å². The highest BCUT2D eigenvalue weighted by Crippen LogP contribution is 2.17. The summed E-state index contributed by atoms with van der Waals surface area (Å²) in [6, 6.07) is 9.67. The van der Waals surface area contributed by atoms with Crippen LogP contribution in [0, 0.1) is 0 Å². The summed E-state index contributed by atoms with van der Waals surface area (Å²) in [4.78, 5) is 0. The zero-order valence-electron chi connectivity index (χ0n) is 9.40. The Hall–Kier alpha value is -1.36. The lowest BCUT2D eigenvalue weighted by Gasteiger charge is -2.31. The molecule has 0 radical (unpaired) electrons. The second-order valence-corrected chi connectivity index (χ2v) is 3.94. The minimum Gasteiger partial charge on any atom is -0.493 e. The van der Waals surface area contributed by atoms with Crippen molar-refractivity contribution in [3.05, 3.63) is 48.2 Å². The molecule has 1 heterocycles. The zero-order chi connectivity index (χ0) is 12.1. The average Bonchev–Trinajstić information content (AvgIpc) is 2.38. The van der Waals surface area contributed by atoms with Crippen LogP contribution in [0.3, 0.4) is 0 Å². The lowest BCUT2D eigenvalue weighted by molar-refractivity contribution is -0.120. The molecule has 1 aliphatic heterocycles. The van der Waals surface area contributed by atoms with Crippen LogP contribution in [-0.2, 0) is 16.1 Å². The van der Waals surface area contributed by atoms with Crippen molar-refractivity contribution in [3.63, 3.8) is 0 Å². The van der Waals surface area contributed by atoms with Crippen LogP contribution in [0.4, 0.5) is 0 Å². The first-order valence-corrected chi connectivity index (χ1v) is 5.58. The summed E-state index contributed by atoms with van der Waals surface area (Å²) in [6.07, 6.45) is 1.11. The van der Waals surface area contributed by atoms with Gasteiger partial charge in [-0.1, -0.05) is 30.3 Å². The standard InChI is InChI=1S/C13H16O4/c14-8-12-13(11(15)6-7-16-12)17-9-10-4-2-1-3-5-10/h1-7,11-15H,8-9H2/t11-,12-,13-/m1/s1. The molecule has 0 saturated heterocycles. The molecule has 0 amide bonds. The van der Waals surface area contributed by atoms with Gasteiger partial charge >= 0.3 is 0 Å². The fraction of sp³-hybridized carbons (Fsp3) is 0.385.